The number of benzene rings is 2. The average Bonchev–Trinajstić information content (AvgIpc) is 2.34. The standard InChI is InChI=1S/C13H9Cl3FN/c14-11-4-5-12(15)13(16)10(11)7-18-9-3-1-2-8(17)6-9/h1-6,18H,7H2. The third-order valence-electron chi connectivity index (χ3n) is 2.43. The summed E-state index contributed by atoms with van der Waals surface area (Å²) in [5.41, 5.74) is 1.34. The van der Waals surface area contributed by atoms with E-state index >= 15 is 0 Å². The van der Waals surface area contributed by atoms with Gasteiger partial charge in [0.2, 0.25) is 0 Å². The second-order valence-corrected chi connectivity index (χ2v) is 4.88. The van der Waals surface area contributed by atoms with Crippen molar-refractivity contribution >= 4 is 40.5 Å². The molecular formula is C13H9Cl3FN. The van der Waals surface area contributed by atoms with Gasteiger partial charge in [0.25, 0.3) is 0 Å². The van der Waals surface area contributed by atoms with Gasteiger partial charge in [0.15, 0.2) is 0 Å². The molecule has 94 valence electrons. The number of halogens is 4. The Labute approximate surface area is 119 Å². The summed E-state index contributed by atoms with van der Waals surface area (Å²) in [6, 6.07) is 9.47. The highest BCUT2D eigenvalue weighted by Crippen LogP contribution is 2.31. The second kappa shape index (κ2) is 5.79. The van der Waals surface area contributed by atoms with E-state index in [1.165, 1.54) is 12.1 Å². The molecule has 0 radical (unpaired) electrons. The molecule has 0 aliphatic carbocycles. The molecule has 0 aliphatic rings. The summed E-state index contributed by atoms with van der Waals surface area (Å²) in [5.74, 6) is -0.303. The SMILES string of the molecule is Fc1cccc(NCc2c(Cl)ccc(Cl)c2Cl)c1. The quantitative estimate of drug-likeness (QED) is 0.749. The molecule has 1 nitrogen and oxygen atoms in total. The van der Waals surface area contributed by atoms with Crippen LogP contribution in [0.4, 0.5) is 10.1 Å². The summed E-state index contributed by atoms with van der Waals surface area (Å²) in [4.78, 5) is 0. The Morgan fingerprint density at radius 3 is 2.44 bits per heavy atom. The molecule has 2 aromatic carbocycles. The Kier molecular flexibility index (Phi) is 4.33. The Morgan fingerprint density at radius 2 is 1.72 bits per heavy atom. The highest BCUT2D eigenvalue weighted by molar-refractivity contribution is 6.44. The van der Waals surface area contributed by atoms with Crippen LogP contribution < -0.4 is 5.32 Å². The van der Waals surface area contributed by atoms with Crippen LogP contribution >= 0.6 is 34.8 Å². The largest absolute Gasteiger partial charge is 0.381 e. The lowest BCUT2D eigenvalue weighted by molar-refractivity contribution is 0.628. The van der Waals surface area contributed by atoms with Gasteiger partial charge in [-0.2, -0.15) is 0 Å². The fraction of sp³-hybridized carbons (Fsp3) is 0.0769. The first-order chi connectivity index (χ1) is 8.58. The van der Waals surface area contributed by atoms with Crippen molar-refractivity contribution in [2.24, 2.45) is 0 Å². The van der Waals surface area contributed by atoms with Gasteiger partial charge in [-0.05, 0) is 30.3 Å². The van der Waals surface area contributed by atoms with Crippen LogP contribution in [0.5, 0.6) is 0 Å². The Hall–Kier alpha value is -0.960. The fourth-order valence-corrected chi connectivity index (χ4v) is 2.20. The zero-order chi connectivity index (χ0) is 13.1. The number of hydrogen-bond acceptors (Lipinski definition) is 1. The molecule has 0 unspecified atom stereocenters. The molecule has 2 rings (SSSR count). The van der Waals surface area contributed by atoms with Gasteiger partial charge in [-0.25, -0.2) is 4.39 Å². The minimum absolute atomic E-state index is 0.303. The van der Waals surface area contributed by atoms with E-state index in [0.717, 1.165) is 0 Å². The molecule has 0 spiro atoms. The van der Waals surface area contributed by atoms with Crippen LogP contribution in [0.15, 0.2) is 36.4 Å². The summed E-state index contributed by atoms with van der Waals surface area (Å²) in [6.07, 6.45) is 0. The third-order valence-corrected chi connectivity index (χ3v) is 3.63. The smallest absolute Gasteiger partial charge is 0.125 e. The maximum absolute atomic E-state index is 13.0. The van der Waals surface area contributed by atoms with Crippen LogP contribution in [-0.2, 0) is 6.54 Å². The molecule has 0 bridgehead atoms. The van der Waals surface area contributed by atoms with Crippen molar-refractivity contribution in [3.05, 3.63) is 62.8 Å². The first kappa shape index (κ1) is 13.5. The molecule has 0 atom stereocenters. The van der Waals surface area contributed by atoms with Crippen LogP contribution in [0.1, 0.15) is 5.56 Å². The van der Waals surface area contributed by atoms with Crippen LogP contribution in [-0.4, -0.2) is 0 Å². The highest BCUT2D eigenvalue weighted by atomic mass is 35.5. The lowest BCUT2D eigenvalue weighted by Gasteiger charge is -2.11. The number of anilines is 1. The molecule has 1 N–H and O–H groups in total. The molecule has 0 heterocycles. The molecule has 18 heavy (non-hydrogen) atoms. The van der Waals surface area contributed by atoms with E-state index in [4.69, 9.17) is 34.8 Å². The number of rotatable bonds is 3. The molecule has 0 saturated carbocycles. The van der Waals surface area contributed by atoms with Crippen molar-refractivity contribution in [3.8, 4) is 0 Å². The van der Waals surface area contributed by atoms with Gasteiger partial charge >= 0.3 is 0 Å². The maximum Gasteiger partial charge on any atom is 0.125 e. The van der Waals surface area contributed by atoms with E-state index < -0.39 is 0 Å². The summed E-state index contributed by atoms with van der Waals surface area (Å²) < 4.78 is 13.0. The third kappa shape index (κ3) is 3.08. The first-order valence-corrected chi connectivity index (χ1v) is 6.33. The van der Waals surface area contributed by atoms with Crippen LogP contribution in [0.3, 0.4) is 0 Å². The molecule has 0 saturated heterocycles. The van der Waals surface area contributed by atoms with Gasteiger partial charge < -0.3 is 5.32 Å². The minimum Gasteiger partial charge on any atom is -0.381 e. The lowest BCUT2D eigenvalue weighted by atomic mass is 10.2. The van der Waals surface area contributed by atoms with E-state index in [1.54, 1.807) is 24.3 Å². The summed E-state index contributed by atoms with van der Waals surface area (Å²) in [5, 5.41) is 4.42. The van der Waals surface area contributed by atoms with Gasteiger partial charge in [-0.3, -0.25) is 0 Å². The van der Waals surface area contributed by atoms with Crippen molar-refractivity contribution < 1.29 is 4.39 Å². The Bertz CT molecular complexity index is 572. The predicted molar refractivity (Wildman–Crippen MR) is 75.2 cm³/mol. The van der Waals surface area contributed by atoms with E-state index in [2.05, 4.69) is 5.32 Å². The minimum atomic E-state index is -0.303. The molecule has 0 aromatic heterocycles. The van der Waals surface area contributed by atoms with Gasteiger partial charge in [0.05, 0.1) is 10.0 Å². The molecular weight excluding hydrogens is 296 g/mol. The normalized spacial score (nSPS) is 10.4. The van der Waals surface area contributed by atoms with E-state index in [-0.39, 0.29) is 5.82 Å². The molecule has 0 amide bonds. The van der Waals surface area contributed by atoms with Crippen LogP contribution in [0.2, 0.25) is 15.1 Å². The second-order valence-electron chi connectivity index (χ2n) is 3.69. The Morgan fingerprint density at radius 1 is 1.00 bits per heavy atom. The van der Waals surface area contributed by atoms with Crippen molar-refractivity contribution in [3.63, 3.8) is 0 Å². The van der Waals surface area contributed by atoms with Crippen LogP contribution in [0, 0.1) is 5.82 Å². The maximum atomic E-state index is 13.0. The summed E-state index contributed by atoms with van der Waals surface area (Å²) >= 11 is 18.0. The summed E-state index contributed by atoms with van der Waals surface area (Å²) in [7, 11) is 0. The molecule has 0 fully saturated rings. The highest BCUT2D eigenvalue weighted by Gasteiger charge is 2.09. The predicted octanol–water partition coefficient (Wildman–Crippen LogP) is 5.40. The van der Waals surface area contributed by atoms with Gasteiger partial charge in [-0.1, -0.05) is 40.9 Å². The monoisotopic (exact) mass is 303 g/mol. The lowest BCUT2D eigenvalue weighted by Crippen LogP contribution is -2.01. The Balaban J connectivity index is 2.18. The first-order valence-electron chi connectivity index (χ1n) is 5.20. The van der Waals surface area contributed by atoms with Crippen molar-refractivity contribution in [2.75, 3.05) is 5.32 Å². The average molecular weight is 305 g/mol. The number of nitrogens with one attached hydrogen (secondary N) is 1. The fourth-order valence-electron chi connectivity index (χ4n) is 1.52. The number of hydrogen-bond donors (Lipinski definition) is 1. The molecule has 0 aliphatic heterocycles. The zero-order valence-electron chi connectivity index (χ0n) is 9.18. The van der Waals surface area contributed by atoms with Gasteiger partial charge in [0, 0.05) is 22.8 Å². The van der Waals surface area contributed by atoms with E-state index in [1.807, 2.05) is 0 Å². The molecule has 2 aromatic rings. The van der Waals surface area contributed by atoms with Crippen LogP contribution in [0.25, 0.3) is 0 Å². The molecule has 5 heteroatoms. The van der Waals surface area contributed by atoms with Crippen molar-refractivity contribution in [1.29, 1.82) is 0 Å². The van der Waals surface area contributed by atoms with Crippen molar-refractivity contribution in [2.45, 2.75) is 6.54 Å². The zero-order valence-corrected chi connectivity index (χ0v) is 11.5. The van der Waals surface area contributed by atoms with E-state index in [0.29, 0.717) is 32.9 Å². The summed E-state index contributed by atoms with van der Waals surface area (Å²) in [6.45, 7) is 0.377. The topological polar surface area (TPSA) is 12.0 Å². The van der Waals surface area contributed by atoms with Crippen molar-refractivity contribution in [1.82, 2.24) is 0 Å². The van der Waals surface area contributed by atoms with Gasteiger partial charge in [0.1, 0.15) is 5.82 Å². The van der Waals surface area contributed by atoms with E-state index in [9.17, 15) is 4.39 Å². The van der Waals surface area contributed by atoms with Gasteiger partial charge in [-0.15, -0.1) is 0 Å².